The highest BCUT2D eigenvalue weighted by atomic mass is 16.5. The normalized spacial score (nSPS) is 10.9. The third kappa shape index (κ3) is 2.59. The molecule has 2 aromatic heterocycles. The Bertz CT molecular complexity index is 779. The summed E-state index contributed by atoms with van der Waals surface area (Å²) in [7, 11) is 1.65. The summed E-state index contributed by atoms with van der Waals surface area (Å²) in [6.45, 7) is 4.89. The molecule has 0 spiro atoms. The van der Waals surface area contributed by atoms with Crippen LogP contribution in [0.5, 0.6) is 5.75 Å². The fraction of sp³-hybridized carbons (Fsp3) is 0.312. The second-order valence-corrected chi connectivity index (χ2v) is 5.04. The Morgan fingerprint density at radius 1 is 1.18 bits per heavy atom. The van der Waals surface area contributed by atoms with Gasteiger partial charge in [-0.25, -0.2) is 14.6 Å². The first-order valence-corrected chi connectivity index (χ1v) is 7.33. The third-order valence-corrected chi connectivity index (χ3v) is 3.40. The van der Waals surface area contributed by atoms with Crippen LogP contribution in [0.4, 0.5) is 5.82 Å². The molecule has 6 heteroatoms. The van der Waals surface area contributed by atoms with E-state index < -0.39 is 0 Å². The Balaban J connectivity index is 2.08. The quantitative estimate of drug-likeness (QED) is 0.784. The number of nitrogens with one attached hydrogen (secondary N) is 1. The molecule has 0 unspecified atom stereocenters. The van der Waals surface area contributed by atoms with Crippen LogP contribution in [0, 0.1) is 6.92 Å². The van der Waals surface area contributed by atoms with E-state index in [0.29, 0.717) is 0 Å². The predicted molar refractivity (Wildman–Crippen MR) is 86.7 cm³/mol. The van der Waals surface area contributed by atoms with Crippen LogP contribution < -0.4 is 10.1 Å². The molecule has 0 fully saturated rings. The molecule has 114 valence electrons. The van der Waals surface area contributed by atoms with E-state index >= 15 is 0 Å². The molecule has 0 atom stereocenters. The van der Waals surface area contributed by atoms with Crippen molar-refractivity contribution >= 4 is 16.9 Å². The summed E-state index contributed by atoms with van der Waals surface area (Å²) in [5.74, 6) is 2.38. The standard InChI is InChI=1S/C16H19N5O/c1-4-9-17-15-14-10-18-21(16(14)20-11(2)19-15)12-5-7-13(22-3)8-6-12/h5-8,10H,4,9H2,1-3H3,(H,17,19,20). The predicted octanol–water partition coefficient (Wildman–Crippen LogP) is 2.95. The van der Waals surface area contributed by atoms with Gasteiger partial charge in [-0.1, -0.05) is 6.92 Å². The lowest BCUT2D eigenvalue weighted by atomic mass is 10.3. The van der Waals surface area contributed by atoms with Crippen molar-refractivity contribution < 1.29 is 4.74 Å². The maximum atomic E-state index is 5.19. The first-order chi connectivity index (χ1) is 10.7. The van der Waals surface area contributed by atoms with Crippen LogP contribution in [0.3, 0.4) is 0 Å². The molecular formula is C16H19N5O. The number of methoxy groups -OCH3 is 1. The van der Waals surface area contributed by atoms with Gasteiger partial charge in [0.2, 0.25) is 0 Å². The van der Waals surface area contributed by atoms with Crippen LogP contribution in [0.1, 0.15) is 19.2 Å². The number of anilines is 1. The molecule has 0 amide bonds. The minimum Gasteiger partial charge on any atom is -0.497 e. The number of hydrogen-bond acceptors (Lipinski definition) is 5. The molecule has 0 aliphatic heterocycles. The van der Waals surface area contributed by atoms with Crippen molar-refractivity contribution in [1.82, 2.24) is 19.7 Å². The minimum atomic E-state index is 0.723. The van der Waals surface area contributed by atoms with Gasteiger partial charge in [-0.2, -0.15) is 5.10 Å². The number of hydrogen-bond donors (Lipinski definition) is 1. The zero-order chi connectivity index (χ0) is 15.5. The Hall–Kier alpha value is -2.63. The maximum Gasteiger partial charge on any atom is 0.168 e. The Labute approximate surface area is 129 Å². The van der Waals surface area contributed by atoms with E-state index in [1.54, 1.807) is 13.3 Å². The van der Waals surface area contributed by atoms with Crippen LogP contribution in [0.25, 0.3) is 16.7 Å². The molecule has 3 rings (SSSR count). The molecule has 0 aliphatic rings. The summed E-state index contributed by atoms with van der Waals surface area (Å²) in [5.41, 5.74) is 1.74. The van der Waals surface area contributed by atoms with Gasteiger partial charge >= 0.3 is 0 Å². The molecule has 0 aliphatic carbocycles. The molecule has 2 heterocycles. The van der Waals surface area contributed by atoms with Gasteiger partial charge in [-0.3, -0.25) is 0 Å². The SMILES string of the molecule is CCCNc1nc(C)nc2c1cnn2-c1ccc(OC)cc1. The van der Waals surface area contributed by atoms with Gasteiger partial charge in [0.25, 0.3) is 0 Å². The van der Waals surface area contributed by atoms with Crippen LogP contribution in [-0.2, 0) is 0 Å². The first-order valence-electron chi connectivity index (χ1n) is 7.33. The summed E-state index contributed by atoms with van der Waals surface area (Å²) in [6.07, 6.45) is 2.84. The van der Waals surface area contributed by atoms with E-state index in [4.69, 9.17) is 4.74 Å². The monoisotopic (exact) mass is 297 g/mol. The number of ether oxygens (including phenoxy) is 1. The van der Waals surface area contributed by atoms with Gasteiger partial charge in [0.05, 0.1) is 24.4 Å². The van der Waals surface area contributed by atoms with Crippen molar-refractivity contribution in [2.24, 2.45) is 0 Å². The molecule has 0 saturated carbocycles. The lowest BCUT2D eigenvalue weighted by molar-refractivity contribution is 0.414. The van der Waals surface area contributed by atoms with E-state index in [2.05, 4.69) is 27.3 Å². The molecule has 0 bridgehead atoms. The Morgan fingerprint density at radius 2 is 1.95 bits per heavy atom. The highest BCUT2D eigenvalue weighted by Gasteiger charge is 2.12. The number of nitrogens with zero attached hydrogens (tertiary/aromatic N) is 4. The van der Waals surface area contributed by atoms with E-state index in [-0.39, 0.29) is 0 Å². The average molecular weight is 297 g/mol. The summed E-state index contributed by atoms with van der Waals surface area (Å²) in [5, 5.41) is 8.73. The van der Waals surface area contributed by atoms with Gasteiger partial charge in [0.15, 0.2) is 5.65 Å². The molecule has 22 heavy (non-hydrogen) atoms. The van der Waals surface area contributed by atoms with Gasteiger partial charge in [-0.15, -0.1) is 0 Å². The largest absolute Gasteiger partial charge is 0.497 e. The van der Waals surface area contributed by atoms with E-state index in [9.17, 15) is 0 Å². The lowest BCUT2D eigenvalue weighted by Crippen LogP contribution is -2.05. The molecule has 0 radical (unpaired) electrons. The zero-order valence-corrected chi connectivity index (χ0v) is 13.0. The number of aryl methyl sites for hydroxylation is 1. The lowest BCUT2D eigenvalue weighted by Gasteiger charge is -2.08. The third-order valence-electron chi connectivity index (χ3n) is 3.40. The van der Waals surface area contributed by atoms with Crippen LogP contribution in [0.2, 0.25) is 0 Å². The van der Waals surface area contributed by atoms with E-state index in [1.165, 1.54) is 0 Å². The van der Waals surface area contributed by atoms with Crippen molar-refractivity contribution in [1.29, 1.82) is 0 Å². The average Bonchev–Trinajstić information content (AvgIpc) is 2.96. The van der Waals surface area contributed by atoms with E-state index in [1.807, 2.05) is 35.9 Å². The van der Waals surface area contributed by atoms with Crippen LogP contribution in [0.15, 0.2) is 30.5 Å². The number of rotatable bonds is 5. The van der Waals surface area contributed by atoms with Gasteiger partial charge in [-0.05, 0) is 37.6 Å². The molecule has 0 saturated heterocycles. The Kier molecular flexibility index (Phi) is 3.91. The summed E-state index contributed by atoms with van der Waals surface area (Å²) >= 11 is 0. The fourth-order valence-corrected chi connectivity index (χ4v) is 2.31. The van der Waals surface area contributed by atoms with Crippen LogP contribution >= 0.6 is 0 Å². The Morgan fingerprint density at radius 3 is 2.64 bits per heavy atom. The van der Waals surface area contributed by atoms with Crippen molar-refractivity contribution in [2.45, 2.75) is 20.3 Å². The summed E-state index contributed by atoms with van der Waals surface area (Å²) in [6, 6.07) is 7.74. The highest BCUT2D eigenvalue weighted by Crippen LogP contribution is 2.23. The van der Waals surface area contributed by atoms with Gasteiger partial charge in [0, 0.05) is 6.54 Å². The smallest absolute Gasteiger partial charge is 0.168 e. The van der Waals surface area contributed by atoms with Crippen molar-refractivity contribution in [3.05, 3.63) is 36.3 Å². The fourth-order valence-electron chi connectivity index (χ4n) is 2.31. The first kappa shape index (κ1) is 14.3. The van der Waals surface area contributed by atoms with Gasteiger partial charge < -0.3 is 10.1 Å². The molecular weight excluding hydrogens is 278 g/mol. The number of fused-ring (bicyclic) bond motifs is 1. The molecule has 1 aromatic carbocycles. The van der Waals surface area contributed by atoms with E-state index in [0.717, 1.165) is 47.1 Å². The number of aromatic nitrogens is 4. The van der Waals surface area contributed by atoms with Crippen molar-refractivity contribution in [3.8, 4) is 11.4 Å². The summed E-state index contributed by atoms with van der Waals surface area (Å²) in [4.78, 5) is 9.02. The minimum absolute atomic E-state index is 0.723. The zero-order valence-electron chi connectivity index (χ0n) is 13.0. The van der Waals surface area contributed by atoms with Gasteiger partial charge in [0.1, 0.15) is 17.4 Å². The van der Waals surface area contributed by atoms with Crippen LogP contribution in [-0.4, -0.2) is 33.4 Å². The van der Waals surface area contributed by atoms with Crippen molar-refractivity contribution in [3.63, 3.8) is 0 Å². The topological polar surface area (TPSA) is 64.9 Å². The molecule has 3 aromatic rings. The molecule has 6 nitrogen and oxygen atoms in total. The maximum absolute atomic E-state index is 5.19. The second kappa shape index (κ2) is 6.01. The summed E-state index contributed by atoms with van der Waals surface area (Å²) < 4.78 is 7.01. The van der Waals surface area contributed by atoms with Crippen molar-refractivity contribution in [2.75, 3.05) is 19.0 Å². The number of benzene rings is 1. The molecule has 1 N–H and O–H groups in total. The second-order valence-electron chi connectivity index (χ2n) is 5.04. The highest BCUT2D eigenvalue weighted by molar-refractivity contribution is 5.87.